The van der Waals surface area contributed by atoms with E-state index < -0.39 is 10.0 Å². The average molecular weight is 290 g/mol. The van der Waals surface area contributed by atoms with Crippen molar-refractivity contribution in [3.63, 3.8) is 0 Å². The van der Waals surface area contributed by atoms with Crippen LogP contribution in [0.4, 0.5) is 0 Å². The zero-order chi connectivity index (χ0) is 14.7. The number of sulfonamides is 1. The Balaban J connectivity index is 2.36. The van der Waals surface area contributed by atoms with E-state index in [0.717, 1.165) is 12.8 Å². The molecule has 0 aromatic heterocycles. The molecule has 6 heteroatoms. The molecule has 0 spiro atoms. The highest BCUT2D eigenvalue weighted by atomic mass is 32.2. The van der Waals surface area contributed by atoms with E-state index in [-0.39, 0.29) is 18.2 Å². The number of rotatable bonds is 5. The molecule has 1 aliphatic carbocycles. The van der Waals surface area contributed by atoms with Gasteiger partial charge in [0.15, 0.2) is 0 Å². The largest absolute Gasteiger partial charge is 0.355 e. The van der Waals surface area contributed by atoms with Gasteiger partial charge in [0.05, 0.1) is 5.75 Å². The second-order valence-corrected chi connectivity index (χ2v) is 8.43. The van der Waals surface area contributed by atoms with Gasteiger partial charge >= 0.3 is 0 Å². The van der Waals surface area contributed by atoms with E-state index in [1.54, 1.807) is 0 Å². The smallest absolute Gasteiger partial charge is 0.220 e. The number of carbonyl (C=O) groups is 1. The lowest BCUT2D eigenvalue weighted by Gasteiger charge is -2.38. The summed E-state index contributed by atoms with van der Waals surface area (Å²) in [4.78, 5) is 11.8. The summed E-state index contributed by atoms with van der Waals surface area (Å²) in [5.41, 5.74) is 0.295. The minimum atomic E-state index is -3.49. The van der Waals surface area contributed by atoms with E-state index in [1.807, 2.05) is 0 Å². The standard InChI is InChI=1S/C13H26N2O3S/c1-10-6-11(9-13(2,3)8-10)7-12(16)15-4-5-19(14,17)18/h10-11H,4-9H2,1-3H3,(H,15,16)(H2,14,17,18)/t10-,11-/m0/s1. The molecule has 0 heterocycles. The molecule has 0 saturated heterocycles. The van der Waals surface area contributed by atoms with Gasteiger partial charge in [0.1, 0.15) is 0 Å². The first-order valence-electron chi connectivity index (χ1n) is 6.84. The highest BCUT2D eigenvalue weighted by Crippen LogP contribution is 2.42. The summed E-state index contributed by atoms with van der Waals surface area (Å²) in [6, 6.07) is 0. The Kier molecular flexibility index (Phi) is 5.38. The molecule has 2 atom stereocenters. The topological polar surface area (TPSA) is 89.3 Å². The summed E-state index contributed by atoms with van der Waals surface area (Å²) in [5.74, 6) is 0.767. The summed E-state index contributed by atoms with van der Waals surface area (Å²) >= 11 is 0. The van der Waals surface area contributed by atoms with Gasteiger partial charge in [-0.2, -0.15) is 0 Å². The average Bonchev–Trinajstić information content (AvgIpc) is 2.10. The van der Waals surface area contributed by atoms with E-state index in [0.29, 0.717) is 23.7 Å². The Morgan fingerprint density at radius 1 is 1.37 bits per heavy atom. The summed E-state index contributed by atoms with van der Waals surface area (Å²) < 4.78 is 21.5. The fourth-order valence-corrected chi connectivity index (χ4v) is 3.75. The molecule has 1 amide bonds. The lowest BCUT2D eigenvalue weighted by Crippen LogP contribution is -2.35. The first-order chi connectivity index (χ1) is 8.57. The zero-order valence-electron chi connectivity index (χ0n) is 12.1. The van der Waals surface area contributed by atoms with Crippen LogP contribution >= 0.6 is 0 Å². The minimum Gasteiger partial charge on any atom is -0.355 e. The van der Waals surface area contributed by atoms with E-state index in [2.05, 4.69) is 26.1 Å². The van der Waals surface area contributed by atoms with Crippen LogP contribution in [-0.4, -0.2) is 26.6 Å². The summed E-state index contributed by atoms with van der Waals surface area (Å²) in [5, 5.41) is 7.51. The van der Waals surface area contributed by atoms with Crippen LogP contribution < -0.4 is 10.5 Å². The summed E-state index contributed by atoms with van der Waals surface area (Å²) in [6.45, 7) is 6.82. The van der Waals surface area contributed by atoms with Gasteiger partial charge in [-0.1, -0.05) is 20.8 Å². The molecule has 1 rings (SSSR count). The fraction of sp³-hybridized carbons (Fsp3) is 0.923. The van der Waals surface area contributed by atoms with Crippen LogP contribution in [0.3, 0.4) is 0 Å². The molecular formula is C13H26N2O3S. The third-order valence-corrected chi connectivity index (χ3v) is 4.43. The van der Waals surface area contributed by atoms with Gasteiger partial charge in [-0.25, -0.2) is 13.6 Å². The van der Waals surface area contributed by atoms with Crippen LogP contribution in [0.15, 0.2) is 0 Å². The van der Waals surface area contributed by atoms with Crippen molar-refractivity contribution >= 4 is 15.9 Å². The number of hydrogen-bond acceptors (Lipinski definition) is 3. The number of hydrogen-bond donors (Lipinski definition) is 2. The fourth-order valence-electron chi connectivity index (χ4n) is 3.37. The molecule has 0 aliphatic heterocycles. The molecule has 0 unspecified atom stereocenters. The lowest BCUT2D eigenvalue weighted by atomic mass is 9.67. The molecule has 112 valence electrons. The van der Waals surface area contributed by atoms with Crippen molar-refractivity contribution in [1.29, 1.82) is 0 Å². The van der Waals surface area contributed by atoms with Crippen LogP contribution in [0.25, 0.3) is 0 Å². The number of nitrogens with two attached hydrogens (primary N) is 1. The van der Waals surface area contributed by atoms with Crippen LogP contribution in [0.2, 0.25) is 0 Å². The maximum absolute atomic E-state index is 11.8. The normalized spacial score (nSPS) is 26.9. The van der Waals surface area contributed by atoms with Gasteiger partial charge in [0.25, 0.3) is 0 Å². The van der Waals surface area contributed by atoms with Gasteiger partial charge in [0, 0.05) is 13.0 Å². The van der Waals surface area contributed by atoms with Crippen molar-refractivity contribution < 1.29 is 13.2 Å². The Morgan fingerprint density at radius 3 is 2.53 bits per heavy atom. The molecule has 19 heavy (non-hydrogen) atoms. The maximum Gasteiger partial charge on any atom is 0.220 e. The Hall–Kier alpha value is -0.620. The summed E-state index contributed by atoms with van der Waals surface area (Å²) in [7, 11) is -3.49. The molecular weight excluding hydrogens is 264 g/mol. The highest BCUT2D eigenvalue weighted by Gasteiger charge is 2.32. The van der Waals surface area contributed by atoms with Crippen molar-refractivity contribution in [3.05, 3.63) is 0 Å². The van der Waals surface area contributed by atoms with Crippen LogP contribution in [0.1, 0.15) is 46.5 Å². The van der Waals surface area contributed by atoms with Crippen molar-refractivity contribution in [2.24, 2.45) is 22.4 Å². The molecule has 1 saturated carbocycles. The quantitative estimate of drug-likeness (QED) is 0.798. The second kappa shape index (κ2) is 6.22. The van der Waals surface area contributed by atoms with Gasteiger partial charge in [-0.05, 0) is 36.5 Å². The SMILES string of the molecule is C[C@H]1C[C@@H](CC(=O)NCCS(N)(=O)=O)CC(C)(C)C1. The lowest BCUT2D eigenvalue weighted by molar-refractivity contribution is -0.122. The molecule has 0 aromatic carbocycles. The minimum absolute atomic E-state index is 0.0708. The van der Waals surface area contributed by atoms with Crippen LogP contribution in [0.5, 0.6) is 0 Å². The molecule has 0 aromatic rings. The van der Waals surface area contributed by atoms with Crippen molar-refractivity contribution in [2.45, 2.75) is 46.5 Å². The second-order valence-electron chi connectivity index (χ2n) is 6.70. The van der Waals surface area contributed by atoms with Crippen LogP contribution in [0, 0.1) is 17.3 Å². The van der Waals surface area contributed by atoms with E-state index >= 15 is 0 Å². The molecule has 1 fully saturated rings. The molecule has 5 nitrogen and oxygen atoms in total. The Labute approximate surface area is 116 Å². The zero-order valence-corrected chi connectivity index (χ0v) is 12.9. The van der Waals surface area contributed by atoms with Gasteiger partial charge in [-0.3, -0.25) is 4.79 Å². The molecule has 0 bridgehead atoms. The highest BCUT2D eigenvalue weighted by molar-refractivity contribution is 7.89. The van der Waals surface area contributed by atoms with Gasteiger partial charge in [-0.15, -0.1) is 0 Å². The molecule has 1 aliphatic rings. The number of primary sulfonamides is 1. The Morgan fingerprint density at radius 2 is 2.00 bits per heavy atom. The first kappa shape index (κ1) is 16.4. The van der Waals surface area contributed by atoms with Crippen molar-refractivity contribution in [3.8, 4) is 0 Å². The molecule has 3 N–H and O–H groups in total. The molecule has 0 radical (unpaired) electrons. The number of carbonyl (C=O) groups excluding carboxylic acids is 1. The predicted octanol–water partition coefficient (Wildman–Crippen LogP) is 1.24. The Bertz CT molecular complexity index is 418. The maximum atomic E-state index is 11.8. The first-order valence-corrected chi connectivity index (χ1v) is 8.56. The third-order valence-electron chi connectivity index (χ3n) is 3.66. The van der Waals surface area contributed by atoms with E-state index in [1.165, 1.54) is 6.42 Å². The number of nitrogens with one attached hydrogen (secondary N) is 1. The van der Waals surface area contributed by atoms with E-state index in [9.17, 15) is 13.2 Å². The van der Waals surface area contributed by atoms with Crippen molar-refractivity contribution in [2.75, 3.05) is 12.3 Å². The van der Waals surface area contributed by atoms with E-state index in [4.69, 9.17) is 5.14 Å². The summed E-state index contributed by atoms with van der Waals surface area (Å²) in [6.07, 6.45) is 3.82. The van der Waals surface area contributed by atoms with Gasteiger partial charge < -0.3 is 5.32 Å². The van der Waals surface area contributed by atoms with Gasteiger partial charge in [0.2, 0.25) is 15.9 Å². The predicted molar refractivity (Wildman–Crippen MR) is 75.9 cm³/mol. The van der Waals surface area contributed by atoms with Crippen molar-refractivity contribution in [1.82, 2.24) is 5.32 Å². The number of amides is 1. The van der Waals surface area contributed by atoms with Crippen LogP contribution in [-0.2, 0) is 14.8 Å². The monoisotopic (exact) mass is 290 g/mol. The third kappa shape index (κ3) is 6.92.